The number of nitrogens with zero attached hydrogens (tertiary/aromatic N) is 2. The lowest BCUT2D eigenvalue weighted by Gasteiger charge is -2.14. The summed E-state index contributed by atoms with van der Waals surface area (Å²) in [4.78, 5) is 17.8. The molecule has 8 bridgehead atoms. The third-order valence-electron chi connectivity index (χ3n) is 9.48. The van der Waals surface area contributed by atoms with Gasteiger partial charge in [-0.05, 0) is 58.7 Å². The van der Waals surface area contributed by atoms with Crippen LogP contribution >= 0.6 is 0 Å². The highest BCUT2D eigenvalue weighted by Crippen LogP contribution is 2.44. The molecule has 0 radical (unpaired) electrons. The van der Waals surface area contributed by atoms with Gasteiger partial charge in [-0.15, -0.1) is 0 Å². The van der Waals surface area contributed by atoms with E-state index in [2.05, 4.69) is 46.4 Å². The Kier molecular flexibility index (Phi) is 7.31. The van der Waals surface area contributed by atoms with E-state index in [4.69, 9.17) is 9.97 Å². The molecule has 4 aromatic carbocycles. The van der Waals surface area contributed by atoms with Crippen LogP contribution in [0, 0.1) is 0 Å². The second-order valence-corrected chi connectivity index (χ2v) is 12.5. The molecule has 0 fully saturated rings. The summed E-state index contributed by atoms with van der Waals surface area (Å²) in [7, 11) is 0. The van der Waals surface area contributed by atoms with Crippen LogP contribution in [0.4, 0.5) is 0 Å². The summed E-state index contributed by atoms with van der Waals surface area (Å²) in [6.45, 7) is 0. The zero-order valence-electron chi connectivity index (χ0n) is 27.0. The van der Waals surface area contributed by atoms with Crippen molar-refractivity contribution in [1.29, 1.82) is 0 Å². The number of nitrogens with one attached hydrogen (secondary N) is 2. The van der Waals surface area contributed by atoms with Crippen LogP contribution in [-0.2, 0) is 0 Å². The lowest BCUT2D eigenvalue weighted by atomic mass is 9.96. The number of benzene rings is 4. The zero-order chi connectivity index (χ0) is 33.6. The molecule has 6 nitrogen and oxygen atoms in total. The summed E-state index contributed by atoms with van der Waals surface area (Å²) in [5.74, 6) is 0. The van der Waals surface area contributed by atoms with Gasteiger partial charge in [-0.3, -0.25) is 0 Å². The van der Waals surface area contributed by atoms with E-state index in [0.29, 0.717) is 33.9 Å². The molecule has 2 aromatic heterocycles. The minimum atomic E-state index is -1.24. The lowest BCUT2D eigenvalue weighted by molar-refractivity contribution is 0.0258. The molecule has 0 amide bonds. The molecule has 6 heteroatoms. The number of H-pyrrole nitrogens is 2. The topological polar surface area (TPSA) is 97.8 Å². The van der Waals surface area contributed by atoms with Crippen molar-refractivity contribution in [3.63, 3.8) is 0 Å². The fraction of sp³-hybridized carbons (Fsp3) is 0.0455. The quantitative estimate of drug-likeness (QED) is 0.153. The van der Waals surface area contributed by atoms with Gasteiger partial charge in [0.25, 0.3) is 0 Å². The molecule has 50 heavy (non-hydrogen) atoms. The van der Waals surface area contributed by atoms with Gasteiger partial charge in [0, 0.05) is 33.3 Å². The minimum absolute atomic E-state index is 0.482. The first kappa shape index (κ1) is 29.8. The Labute approximate surface area is 289 Å². The molecule has 0 spiro atoms. The zero-order valence-corrected chi connectivity index (χ0v) is 27.0. The Morgan fingerprint density at radius 3 is 1.00 bits per heavy atom. The standard InChI is InChI=1S/C44H32N4O2/c49-43-41-39(29-17-9-3-10-18-29)35-25-23-33(46-35)37(27-13-5-1-6-14-27)31-21-22-32(45-31)38(28-15-7-2-8-16-28)34-24-26-36(47-34)40(42(48-41)44(43)50)30-19-11-4-12-20-30/h1-26,43-45,48-50H/t43-,44-/m0/s1. The number of rotatable bonds is 4. The summed E-state index contributed by atoms with van der Waals surface area (Å²) in [5, 5.41) is 23.7. The van der Waals surface area contributed by atoms with Gasteiger partial charge in [-0.2, -0.15) is 0 Å². The second kappa shape index (κ2) is 12.3. The lowest BCUT2D eigenvalue weighted by Crippen LogP contribution is -2.06. The second-order valence-electron chi connectivity index (χ2n) is 12.5. The van der Waals surface area contributed by atoms with Crippen LogP contribution < -0.4 is 0 Å². The van der Waals surface area contributed by atoms with E-state index in [9.17, 15) is 10.2 Å². The molecule has 4 N–H and O–H groups in total. The smallest absolute Gasteiger partial charge is 0.126 e. The summed E-state index contributed by atoms with van der Waals surface area (Å²) in [6, 6.07) is 44.5. The highest BCUT2D eigenvalue weighted by molar-refractivity contribution is 5.96. The number of aromatic nitrogens is 4. The highest BCUT2D eigenvalue weighted by Gasteiger charge is 2.34. The van der Waals surface area contributed by atoms with Gasteiger partial charge in [0.2, 0.25) is 0 Å². The van der Waals surface area contributed by atoms with Crippen LogP contribution in [0.3, 0.4) is 0 Å². The van der Waals surface area contributed by atoms with E-state index in [-0.39, 0.29) is 0 Å². The maximum Gasteiger partial charge on any atom is 0.126 e. The maximum atomic E-state index is 11.9. The fourth-order valence-corrected chi connectivity index (χ4v) is 7.18. The van der Waals surface area contributed by atoms with Gasteiger partial charge < -0.3 is 20.2 Å². The van der Waals surface area contributed by atoms with Crippen LogP contribution in [-0.4, -0.2) is 30.1 Å². The number of aromatic amines is 2. The maximum absolute atomic E-state index is 11.9. The molecule has 0 saturated heterocycles. The monoisotopic (exact) mass is 648 g/mol. The van der Waals surface area contributed by atoms with Crippen LogP contribution in [0.1, 0.15) is 46.4 Å². The van der Waals surface area contributed by atoms with Crippen molar-refractivity contribution in [2.24, 2.45) is 0 Å². The van der Waals surface area contributed by atoms with E-state index in [1.807, 2.05) is 121 Å². The SMILES string of the molecule is O[C@H]1c2[nH]c(c(-c3ccccc3)c3nc(c(-c4ccccc4)c4ccc([nH]4)c(-c4ccccc4)c4nc(c2-c2ccccc2)C=C4)C=C3)[C@@H]1O. The molecule has 5 heterocycles. The molecule has 3 aliphatic rings. The molecule has 0 aliphatic carbocycles. The van der Waals surface area contributed by atoms with Crippen molar-refractivity contribution in [2.75, 3.05) is 0 Å². The van der Waals surface area contributed by atoms with Crippen LogP contribution in [0.5, 0.6) is 0 Å². The Balaban J connectivity index is 1.50. The Bertz CT molecular complexity index is 2330. The van der Waals surface area contributed by atoms with Crippen molar-refractivity contribution < 1.29 is 10.2 Å². The van der Waals surface area contributed by atoms with Crippen molar-refractivity contribution in [1.82, 2.24) is 19.9 Å². The summed E-state index contributed by atoms with van der Waals surface area (Å²) in [6.07, 6.45) is 5.55. The van der Waals surface area contributed by atoms with Crippen LogP contribution in [0.25, 0.3) is 79.8 Å². The van der Waals surface area contributed by atoms with Crippen molar-refractivity contribution in [3.8, 4) is 44.5 Å². The number of hydrogen-bond acceptors (Lipinski definition) is 4. The molecule has 240 valence electrons. The number of aliphatic hydroxyl groups is 2. The molecule has 2 atom stereocenters. The third-order valence-corrected chi connectivity index (χ3v) is 9.48. The molecular formula is C44H32N4O2. The molecule has 0 saturated carbocycles. The van der Waals surface area contributed by atoms with Crippen LogP contribution in [0.15, 0.2) is 133 Å². The minimum Gasteiger partial charge on any atom is -0.384 e. The first-order chi connectivity index (χ1) is 24.6. The van der Waals surface area contributed by atoms with E-state index in [1.165, 1.54) is 0 Å². The van der Waals surface area contributed by atoms with Crippen molar-refractivity contribution in [2.45, 2.75) is 12.2 Å². The number of aliphatic hydroxyl groups excluding tert-OH is 2. The summed E-state index contributed by atoms with van der Waals surface area (Å²) < 4.78 is 0. The van der Waals surface area contributed by atoms with E-state index in [0.717, 1.165) is 55.8 Å². The normalized spacial score (nSPS) is 15.6. The highest BCUT2D eigenvalue weighted by atomic mass is 16.3. The molecule has 6 aromatic rings. The van der Waals surface area contributed by atoms with Gasteiger partial charge >= 0.3 is 0 Å². The van der Waals surface area contributed by atoms with Gasteiger partial charge in [0.05, 0.1) is 34.2 Å². The summed E-state index contributed by atoms with van der Waals surface area (Å²) in [5.41, 5.74) is 12.8. The molecule has 0 unspecified atom stereocenters. The predicted octanol–water partition coefficient (Wildman–Crippen LogP) is 9.81. The van der Waals surface area contributed by atoms with E-state index >= 15 is 0 Å². The predicted molar refractivity (Wildman–Crippen MR) is 202 cm³/mol. The first-order valence-electron chi connectivity index (χ1n) is 16.7. The Morgan fingerprint density at radius 1 is 0.360 bits per heavy atom. The number of fused-ring (bicyclic) bond motifs is 8. The van der Waals surface area contributed by atoms with E-state index in [1.54, 1.807) is 0 Å². The number of hydrogen-bond donors (Lipinski definition) is 4. The molecule has 3 aliphatic heterocycles. The van der Waals surface area contributed by atoms with Gasteiger partial charge in [0.1, 0.15) is 12.2 Å². The Hall–Kier alpha value is -6.34. The van der Waals surface area contributed by atoms with Gasteiger partial charge in [-0.25, -0.2) is 9.97 Å². The van der Waals surface area contributed by atoms with E-state index < -0.39 is 12.2 Å². The summed E-state index contributed by atoms with van der Waals surface area (Å²) >= 11 is 0. The Morgan fingerprint density at radius 2 is 0.660 bits per heavy atom. The molecule has 9 rings (SSSR count). The van der Waals surface area contributed by atoms with Crippen molar-refractivity contribution in [3.05, 3.63) is 168 Å². The average Bonchev–Trinajstić information content (AvgIpc) is 3.99. The third kappa shape index (κ3) is 5.06. The van der Waals surface area contributed by atoms with Crippen molar-refractivity contribution >= 4 is 35.3 Å². The first-order valence-corrected chi connectivity index (χ1v) is 16.7. The van der Waals surface area contributed by atoms with Crippen LogP contribution in [0.2, 0.25) is 0 Å². The average molecular weight is 649 g/mol. The molecular weight excluding hydrogens is 617 g/mol. The fourth-order valence-electron chi connectivity index (χ4n) is 7.18. The van der Waals surface area contributed by atoms with Gasteiger partial charge in [-0.1, -0.05) is 121 Å². The largest absolute Gasteiger partial charge is 0.384 e. The van der Waals surface area contributed by atoms with Gasteiger partial charge in [0.15, 0.2) is 0 Å².